The molecule has 0 bridgehead atoms. The first kappa shape index (κ1) is 27.4. The van der Waals surface area contributed by atoms with Crippen molar-refractivity contribution in [3.63, 3.8) is 0 Å². The minimum Gasteiger partial charge on any atom is -0.480 e. The van der Waals surface area contributed by atoms with Crippen LogP contribution < -0.4 is 10.2 Å². The average Bonchev–Trinajstić information content (AvgIpc) is 2.84. The van der Waals surface area contributed by atoms with E-state index in [-0.39, 0.29) is 12.3 Å². The van der Waals surface area contributed by atoms with E-state index in [2.05, 4.69) is 24.1 Å². The van der Waals surface area contributed by atoms with E-state index in [0.717, 1.165) is 55.5 Å². The van der Waals surface area contributed by atoms with Crippen LogP contribution in [0.3, 0.4) is 0 Å². The van der Waals surface area contributed by atoms with Crippen LogP contribution in [0.25, 0.3) is 0 Å². The lowest BCUT2D eigenvalue weighted by Crippen LogP contribution is -2.42. The first-order valence-corrected chi connectivity index (χ1v) is 13.0. The fraction of sp³-hybridized carbons (Fsp3) is 0.483. The number of nitrogens with one attached hydrogen (secondary N) is 1. The Balaban J connectivity index is 1.91. The van der Waals surface area contributed by atoms with Gasteiger partial charge in [0.1, 0.15) is 6.04 Å². The third-order valence-corrected chi connectivity index (χ3v) is 6.83. The van der Waals surface area contributed by atoms with Gasteiger partial charge in [-0.1, -0.05) is 49.6 Å². The number of fused-ring (bicyclic) bond motifs is 1. The maximum absolute atomic E-state index is 13.2. The van der Waals surface area contributed by atoms with E-state index in [1.54, 1.807) is 13.0 Å². The van der Waals surface area contributed by atoms with Gasteiger partial charge in [0.15, 0.2) is 0 Å². The van der Waals surface area contributed by atoms with Crippen LogP contribution in [-0.2, 0) is 22.6 Å². The maximum atomic E-state index is 13.2. The van der Waals surface area contributed by atoms with Crippen molar-refractivity contribution in [1.82, 2.24) is 10.2 Å². The topological polar surface area (TPSA) is 90.0 Å². The van der Waals surface area contributed by atoms with Gasteiger partial charge < -0.3 is 15.3 Å². The van der Waals surface area contributed by atoms with E-state index in [1.165, 1.54) is 0 Å². The van der Waals surface area contributed by atoms with Crippen molar-refractivity contribution >= 4 is 23.5 Å². The van der Waals surface area contributed by atoms with E-state index >= 15 is 0 Å². The number of hydrogen-bond acceptors (Lipinski definition) is 4. The van der Waals surface area contributed by atoms with Crippen molar-refractivity contribution in [1.29, 1.82) is 0 Å². The average molecular weight is 494 g/mol. The van der Waals surface area contributed by atoms with Crippen molar-refractivity contribution in [2.45, 2.75) is 77.9 Å². The van der Waals surface area contributed by atoms with Gasteiger partial charge in [0.05, 0.1) is 0 Å². The Labute approximate surface area is 214 Å². The number of carboxylic acids is 1. The number of nitrogens with zero attached hydrogens (tertiary/aromatic N) is 2. The van der Waals surface area contributed by atoms with Crippen LogP contribution in [0.15, 0.2) is 48.5 Å². The van der Waals surface area contributed by atoms with Crippen LogP contribution in [0.4, 0.5) is 5.69 Å². The van der Waals surface area contributed by atoms with Gasteiger partial charge >= 0.3 is 5.97 Å². The second-order valence-electron chi connectivity index (χ2n) is 9.90. The third kappa shape index (κ3) is 7.65. The lowest BCUT2D eigenvalue weighted by molar-refractivity contribution is -0.139. The van der Waals surface area contributed by atoms with Crippen LogP contribution in [0.1, 0.15) is 74.4 Å². The van der Waals surface area contributed by atoms with Crippen LogP contribution in [0.5, 0.6) is 0 Å². The summed E-state index contributed by atoms with van der Waals surface area (Å²) in [5.41, 5.74) is 2.96. The van der Waals surface area contributed by atoms with E-state index in [0.29, 0.717) is 24.7 Å². The zero-order valence-corrected chi connectivity index (χ0v) is 21.7. The molecule has 1 aliphatic heterocycles. The molecule has 0 aliphatic carbocycles. The molecule has 2 N–H and O–H groups in total. The molecule has 7 heteroatoms. The highest BCUT2D eigenvalue weighted by molar-refractivity contribution is 5.98. The third-order valence-electron chi connectivity index (χ3n) is 6.83. The number of carbonyl (C=O) groups excluding carboxylic acids is 2. The number of rotatable bonds is 6. The second-order valence-corrected chi connectivity index (χ2v) is 9.90. The lowest BCUT2D eigenvalue weighted by Gasteiger charge is -2.31. The Hall–Kier alpha value is -3.19. The Morgan fingerprint density at radius 2 is 1.61 bits per heavy atom. The fourth-order valence-electron chi connectivity index (χ4n) is 4.71. The zero-order valence-electron chi connectivity index (χ0n) is 21.7. The molecule has 1 atom stereocenters. The van der Waals surface area contributed by atoms with Crippen molar-refractivity contribution in [2.75, 3.05) is 18.0 Å². The molecule has 2 aromatic rings. The van der Waals surface area contributed by atoms with E-state index in [9.17, 15) is 19.5 Å². The molecule has 2 amide bonds. The predicted octanol–water partition coefficient (Wildman–Crippen LogP) is 4.64. The first-order chi connectivity index (χ1) is 17.3. The molecule has 2 aromatic carbocycles. The number of carbonyl (C=O) groups is 3. The van der Waals surface area contributed by atoms with E-state index in [1.807, 2.05) is 47.4 Å². The molecule has 36 heavy (non-hydrogen) atoms. The molecule has 0 saturated carbocycles. The fourth-order valence-corrected chi connectivity index (χ4v) is 4.71. The molecular formula is C29H39N3O4. The second kappa shape index (κ2) is 13.2. The van der Waals surface area contributed by atoms with Crippen molar-refractivity contribution in [3.05, 3.63) is 65.2 Å². The van der Waals surface area contributed by atoms with Crippen molar-refractivity contribution < 1.29 is 19.5 Å². The van der Waals surface area contributed by atoms with Crippen LogP contribution >= 0.6 is 0 Å². The molecule has 7 nitrogen and oxygen atoms in total. The molecule has 3 rings (SSSR count). The number of benzene rings is 2. The van der Waals surface area contributed by atoms with Gasteiger partial charge in [-0.25, -0.2) is 4.79 Å². The Kier molecular flexibility index (Phi) is 10.1. The van der Waals surface area contributed by atoms with Gasteiger partial charge in [-0.15, -0.1) is 0 Å². The van der Waals surface area contributed by atoms with Crippen molar-refractivity contribution in [3.8, 4) is 0 Å². The molecule has 194 valence electrons. The number of carboxylic acid groups (broad SMARTS) is 1. The molecule has 0 fully saturated rings. The summed E-state index contributed by atoms with van der Waals surface area (Å²) in [5.74, 6) is -1.53. The Morgan fingerprint density at radius 1 is 0.944 bits per heavy atom. The Bertz CT molecular complexity index is 1040. The number of hydrogen-bond donors (Lipinski definition) is 2. The van der Waals surface area contributed by atoms with Crippen molar-refractivity contribution in [2.24, 2.45) is 0 Å². The largest absolute Gasteiger partial charge is 0.480 e. The van der Waals surface area contributed by atoms with Gasteiger partial charge in [0, 0.05) is 43.7 Å². The van der Waals surface area contributed by atoms with Crippen LogP contribution in [-0.4, -0.2) is 53.0 Å². The first-order valence-electron chi connectivity index (χ1n) is 13.0. The monoisotopic (exact) mass is 493 g/mol. The molecule has 1 aliphatic rings. The van der Waals surface area contributed by atoms with Gasteiger partial charge in [-0.3, -0.25) is 14.5 Å². The van der Waals surface area contributed by atoms with Gasteiger partial charge in [-0.05, 0) is 62.6 Å². The van der Waals surface area contributed by atoms with E-state index < -0.39 is 17.9 Å². The minimum absolute atomic E-state index is 0.0181. The highest BCUT2D eigenvalue weighted by atomic mass is 16.4. The molecular weight excluding hydrogens is 454 g/mol. The molecule has 1 heterocycles. The summed E-state index contributed by atoms with van der Waals surface area (Å²) >= 11 is 0. The zero-order chi connectivity index (χ0) is 26.1. The highest BCUT2D eigenvalue weighted by Crippen LogP contribution is 2.27. The molecule has 0 aromatic heterocycles. The number of anilines is 1. The summed E-state index contributed by atoms with van der Waals surface area (Å²) < 4.78 is 0. The van der Waals surface area contributed by atoms with Gasteiger partial charge in [-0.2, -0.15) is 0 Å². The minimum atomic E-state index is -1.08. The summed E-state index contributed by atoms with van der Waals surface area (Å²) in [7, 11) is 0. The summed E-state index contributed by atoms with van der Waals surface area (Å²) in [6.45, 7) is 8.11. The standard InChI is InChI=1S/C29H39N3O4/c1-21(2)31-16-10-5-4-6-11-17-32(22(3)33)27-15-14-24(19-25(27)20-31)28(34)30-26(29(35)36)18-23-12-8-7-9-13-23/h7-9,12-15,19,21,26H,4-6,10-11,16-18,20H2,1-3H3,(H,30,34)(H,35,36)/t26-/m0/s1. The number of amides is 2. The Morgan fingerprint density at radius 3 is 2.25 bits per heavy atom. The highest BCUT2D eigenvalue weighted by Gasteiger charge is 2.24. The lowest BCUT2D eigenvalue weighted by atomic mass is 10.0. The molecule has 0 unspecified atom stereocenters. The van der Waals surface area contributed by atoms with Gasteiger partial charge in [0.25, 0.3) is 5.91 Å². The summed E-state index contributed by atoms with van der Waals surface area (Å²) in [5, 5.41) is 12.4. The van der Waals surface area contributed by atoms with Gasteiger partial charge in [0.2, 0.25) is 5.91 Å². The molecule has 0 saturated heterocycles. The molecule has 0 radical (unpaired) electrons. The maximum Gasteiger partial charge on any atom is 0.326 e. The smallest absolute Gasteiger partial charge is 0.326 e. The number of aliphatic carboxylic acids is 1. The summed E-state index contributed by atoms with van der Waals surface area (Å²) in [6.07, 6.45) is 5.66. The van der Waals surface area contributed by atoms with Crippen LogP contribution in [0.2, 0.25) is 0 Å². The SMILES string of the molecule is CC(=O)N1CCCCCCCN(C(C)C)Cc2cc(C(=O)N[C@@H](Cc3ccccc3)C(=O)O)ccc21. The van der Waals surface area contributed by atoms with Crippen LogP contribution in [0, 0.1) is 0 Å². The quantitative estimate of drug-likeness (QED) is 0.612. The summed E-state index contributed by atoms with van der Waals surface area (Å²) in [4.78, 5) is 41.8. The summed E-state index contributed by atoms with van der Waals surface area (Å²) in [6, 6.07) is 13.9. The normalized spacial score (nSPS) is 16.4. The molecule has 0 spiro atoms. The van der Waals surface area contributed by atoms with E-state index in [4.69, 9.17) is 0 Å². The predicted molar refractivity (Wildman–Crippen MR) is 142 cm³/mol.